The monoisotopic (exact) mass is 428 g/mol. The van der Waals surface area contributed by atoms with Gasteiger partial charge in [0.15, 0.2) is 11.6 Å². The number of fused-ring (bicyclic) bond motifs is 3. The van der Waals surface area contributed by atoms with Crippen molar-refractivity contribution in [2.75, 3.05) is 26.0 Å². The minimum atomic E-state index is -0.958. The Morgan fingerprint density at radius 2 is 1.97 bits per heavy atom. The molecule has 1 unspecified atom stereocenters. The summed E-state index contributed by atoms with van der Waals surface area (Å²) in [5.41, 5.74) is 9.46. The van der Waals surface area contributed by atoms with Crippen molar-refractivity contribution in [3.05, 3.63) is 66.1 Å². The van der Waals surface area contributed by atoms with Gasteiger partial charge in [-0.1, -0.05) is 24.3 Å². The Hall–Kier alpha value is -3.42. The number of anilines is 2. The molecule has 0 bridgehead atoms. The van der Waals surface area contributed by atoms with Crippen LogP contribution in [-0.2, 0) is 0 Å². The fraction of sp³-hybridized carbons (Fsp3) is 0.280. The number of carbonyl (C=O) groups is 1. The number of Topliss-reactive ketones (excluding diaryl/α,β-unsaturated/α-hetero) is 1. The molecule has 4 aromatic rings. The van der Waals surface area contributed by atoms with Crippen LogP contribution < -0.4 is 11.1 Å². The molecule has 3 N–H and O–H groups in total. The van der Waals surface area contributed by atoms with Crippen molar-refractivity contribution in [1.82, 2.24) is 19.9 Å². The smallest absolute Gasteiger partial charge is 0.182 e. The van der Waals surface area contributed by atoms with E-state index in [1.807, 2.05) is 68.4 Å². The number of nitrogens with zero attached hydrogens (tertiary/aromatic N) is 4. The van der Waals surface area contributed by atoms with Gasteiger partial charge < -0.3 is 16.0 Å². The van der Waals surface area contributed by atoms with Crippen molar-refractivity contribution in [2.24, 2.45) is 5.73 Å². The highest BCUT2D eigenvalue weighted by molar-refractivity contribution is 6.11. The van der Waals surface area contributed by atoms with E-state index in [9.17, 15) is 4.79 Å². The van der Waals surface area contributed by atoms with E-state index in [4.69, 9.17) is 10.7 Å². The summed E-state index contributed by atoms with van der Waals surface area (Å²) < 4.78 is 0. The average Bonchev–Trinajstić information content (AvgIpc) is 2.77. The lowest BCUT2D eigenvalue weighted by atomic mass is 9.88. The predicted molar refractivity (Wildman–Crippen MR) is 129 cm³/mol. The molecule has 2 heterocycles. The van der Waals surface area contributed by atoms with Crippen molar-refractivity contribution in [2.45, 2.75) is 25.8 Å². The van der Waals surface area contributed by atoms with Crippen LogP contribution in [0.4, 0.5) is 11.5 Å². The van der Waals surface area contributed by atoms with Crippen LogP contribution >= 0.6 is 0 Å². The van der Waals surface area contributed by atoms with E-state index in [1.165, 1.54) is 6.33 Å². The third-order valence-corrected chi connectivity index (χ3v) is 5.60. The van der Waals surface area contributed by atoms with Crippen LogP contribution in [-0.4, -0.2) is 51.8 Å². The number of hydrogen-bond donors (Lipinski definition) is 2. The molecule has 2 aromatic heterocycles. The molecule has 0 saturated heterocycles. The van der Waals surface area contributed by atoms with Gasteiger partial charge >= 0.3 is 0 Å². The van der Waals surface area contributed by atoms with Gasteiger partial charge in [0.25, 0.3) is 0 Å². The van der Waals surface area contributed by atoms with E-state index in [0.717, 1.165) is 34.1 Å². The Morgan fingerprint density at radius 1 is 1.16 bits per heavy atom. The first-order valence-electron chi connectivity index (χ1n) is 10.6. The maximum atomic E-state index is 13.2. The van der Waals surface area contributed by atoms with Gasteiger partial charge in [0.2, 0.25) is 0 Å². The van der Waals surface area contributed by atoms with Gasteiger partial charge in [-0.05, 0) is 64.7 Å². The maximum Gasteiger partial charge on any atom is 0.182 e. The second-order valence-electron chi connectivity index (χ2n) is 8.77. The van der Waals surface area contributed by atoms with Crippen LogP contribution in [0.5, 0.6) is 0 Å². The first-order chi connectivity index (χ1) is 15.2. The number of hydrogen-bond acceptors (Lipinski definition) is 7. The number of rotatable bonds is 7. The van der Waals surface area contributed by atoms with Gasteiger partial charge in [-0.3, -0.25) is 4.79 Å². The minimum absolute atomic E-state index is 0.0966. The van der Waals surface area contributed by atoms with Crippen molar-refractivity contribution >= 4 is 39.1 Å². The van der Waals surface area contributed by atoms with Crippen molar-refractivity contribution < 1.29 is 4.79 Å². The highest BCUT2D eigenvalue weighted by atomic mass is 16.1. The SMILES string of the molecule is Cc1cccc(Nc2nc3cc(C(=O)C(C)(N)CCN(C)C)ccc3c3cncnc23)c1. The summed E-state index contributed by atoms with van der Waals surface area (Å²) in [7, 11) is 3.94. The summed E-state index contributed by atoms with van der Waals surface area (Å²) in [5.74, 6) is 0.522. The highest BCUT2D eigenvalue weighted by Gasteiger charge is 2.29. The molecule has 0 saturated carbocycles. The molecule has 4 rings (SSSR count). The summed E-state index contributed by atoms with van der Waals surface area (Å²) in [4.78, 5) is 28.7. The van der Waals surface area contributed by atoms with E-state index >= 15 is 0 Å². The van der Waals surface area contributed by atoms with Crippen LogP contribution in [0.1, 0.15) is 29.3 Å². The molecule has 0 spiro atoms. The van der Waals surface area contributed by atoms with E-state index in [2.05, 4.69) is 15.3 Å². The van der Waals surface area contributed by atoms with Crippen LogP contribution in [0.2, 0.25) is 0 Å². The topological polar surface area (TPSA) is 97.0 Å². The molecule has 0 aliphatic rings. The van der Waals surface area contributed by atoms with E-state index in [1.54, 1.807) is 13.1 Å². The number of benzene rings is 2. The number of pyridine rings is 1. The first kappa shape index (κ1) is 21.8. The largest absolute Gasteiger partial charge is 0.338 e. The summed E-state index contributed by atoms with van der Waals surface area (Å²) in [5, 5.41) is 5.13. The second kappa shape index (κ2) is 8.61. The molecule has 0 amide bonds. The molecule has 32 heavy (non-hydrogen) atoms. The van der Waals surface area contributed by atoms with Crippen LogP contribution in [0, 0.1) is 6.92 Å². The molecule has 0 aliphatic carbocycles. The van der Waals surface area contributed by atoms with E-state index < -0.39 is 5.54 Å². The van der Waals surface area contributed by atoms with E-state index in [-0.39, 0.29) is 5.78 Å². The summed E-state index contributed by atoms with van der Waals surface area (Å²) >= 11 is 0. The minimum Gasteiger partial charge on any atom is -0.338 e. The molecule has 7 nitrogen and oxygen atoms in total. The van der Waals surface area contributed by atoms with Gasteiger partial charge in [-0.15, -0.1) is 0 Å². The molecular weight excluding hydrogens is 400 g/mol. The number of nitrogens with two attached hydrogens (primary N) is 1. The Kier molecular flexibility index (Phi) is 5.86. The lowest BCUT2D eigenvalue weighted by molar-refractivity contribution is 0.0887. The quantitative estimate of drug-likeness (QED) is 0.338. The lowest BCUT2D eigenvalue weighted by Crippen LogP contribution is -2.46. The molecular formula is C25H28N6O. The summed E-state index contributed by atoms with van der Waals surface area (Å²) in [6.45, 7) is 4.56. The number of carbonyl (C=O) groups excluding carboxylic acids is 1. The Balaban J connectivity index is 1.79. The maximum absolute atomic E-state index is 13.2. The van der Waals surface area contributed by atoms with Crippen LogP contribution in [0.3, 0.4) is 0 Å². The molecule has 164 valence electrons. The highest BCUT2D eigenvalue weighted by Crippen LogP contribution is 2.30. The van der Waals surface area contributed by atoms with Crippen molar-refractivity contribution in [3.8, 4) is 0 Å². The molecule has 0 fully saturated rings. The molecule has 0 aliphatic heterocycles. The number of aromatic nitrogens is 3. The third kappa shape index (κ3) is 4.44. The Bertz CT molecular complexity index is 1300. The van der Waals surface area contributed by atoms with Gasteiger partial charge in [-0.25, -0.2) is 15.0 Å². The average molecular weight is 429 g/mol. The number of ketones is 1. The third-order valence-electron chi connectivity index (χ3n) is 5.60. The fourth-order valence-electron chi connectivity index (χ4n) is 3.73. The lowest BCUT2D eigenvalue weighted by Gasteiger charge is -2.25. The van der Waals surface area contributed by atoms with Gasteiger partial charge in [0.1, 0.15) is 11.8 Å². The Morgan fingerprint density at radius 3 is 2.72 bits per heavy atom. The van der Waals surface area contributed by atoms with Crippen LogP contribution in [0.25, 0.3) is 21.8 Å². The zero-order valence-electron chi connectivity index (χ0n) is 18.9. The van der Waals surface area contributed by atoms with Crippen molar-refractivity contribution in [3.63, 3.8) is 0 Å². The second-order valence-corrected chi connectivity index (χ2v) is 8.77. The molecule has 1 atom stereocenters. The zero-order valence-corrected chi connectivity index (χ0v) is 18.9. The van der Waals surface area contributed by atoms with Crippen LogP contribution in [0.15, 0.2) is 55.0 Å². The summed E-state index contributed by atoms with van der Waals surface area (Å²) in [6, 6.07) is 13.6. The fourth-order valence-corrected chi connectivity index (χ4v) is 3.73. The molecule has 0 radical (unpaired) electrons. The number of aryl methyl sites for hydroxylation is 1. The summed E-state index contributed by atoms with van der Waals surface area (Å²) in [6.07, 6.45) is 3.86. The zero-order chi connectivity index (χ0) is 22.9. The Labute approximate surface area is 187 Å². The predicted octanol–water partition coefficient (Wildman–Crippen LogP) is 4.08. The first-order valence-corrected chi connectivity index (χ1v) is 10.6. The normalized spacial score (nSPS) is 13.4. The van der Waals surface area contributed by atoms with Crippen molar-refractivity contribution in [1.29, 1.82) is 0 Å². The van der Waals surface area contributed by atoms with E-state index in [0.29, 0.717) is 23.3 Å². The standard InChI is InChI=1S/C25H28N6O/c1-16-6-5-7-18(12-16)29-24-22-20(14-27-15-28-22)19-9-8-17(13-21(19)30-24)23(32)25(2,26)10-11-31(3)4/h5-9,12-15H,10-11,26H2,1-4H3,(H,29,30). The van der Waals surface area contributed by atoms with Gasteiger partial charge in [0.05, 0.1) is 11.1 Å². The molecule has 7 heteroatoms. The van der Waals surface area contributed by atoms with Gasteiger partial charge in [-0.2, -0.15) is 0 Å². The molecule has 2 aromatic carbocycles. The van der Waals surface area contributed by atoms with Gasteiger partial charge in [0, 0.05) is 28.2 Å². The number of nitrogens with one attached hydrogen (secondary N) is 1.